The molecule has 1 fully saturated rings. The molecule has 1 aromatic heterocycles. The molecule has 0 bridgehead atoms. The van der Waals surface area contributed by atoms with Gasteiger partial charge >= 0.3 is 0 Å². The minimum Gasteiger partial charge on any atom is -0.497 e. The highest BCUT2D eigenvalue weighted by Gasteiger charge is 2.49. The minimum atomic E-state index is -1.01. The smallest absolute Gasteiger partial charge is 0.138 e. The van der Waals surface area contributed by atoms with E-state index in [1.54, 1.807) is 44.0 Å². The predicted molar refractivity (Wildman–Crippen MR) is 91.0 cm³/mol. The summed E-state index contributed by atoms with van der Waals surface area (Å²) in [6.45, 7) is 0.717. The molecule has 1 aliphatic rings. The third kappa shape index (κ3) is 3.90. The molecule has 0 amide bonds. The molecule has 2 N–H and O–H groups in total. The van der Waals surface area contributed by atoms with Crippen molar-refractivity contribution >= 4 is 11.6 Å². The Balaban J connectivity index is 1.67. The van der Waals surface area contributed by atoms with Crippen molar-refractivity contribution in [3.05, 3.63) is 41.9 Å². The summed E-state index contributed by atoms with van der Waals surface area (Å²) in [5, 5.41) is 20.8. The summed E-state index contributed by atoms with van der Waals surface area (Å²) >= 11 is 6.17. The number of imidazole rings is 1. The van der Waals surface area contributed by atoms with Gasteiger partial charge in [-0.25, -0.2) is 4.98 Å². The number of hydrogen-bond acceptors (Lipinski definition) is 6. The van der Waals surface area contributed by atoms with Crippen LogP contribution >= 0.6 is 11.6 Å². The number of benzene rings is 1. The van der Waals surface area contributed by atoms with Crippen molar-refractivity contribution < 1.29 is 24.4 Å². The Bertz CT molecular complexity index is 696. The number of aliphatic hydroxyl groups excluding tert-OH is 2. The van der Waals surface area contributed by atoms with Gasteiger partial charge in [0.15, 0.2) is 0 Å². The fourth-order valence-electron chi connectivity index (χ4n) is 2.97. The molecular formula is C17H21ClN2O5. The lowest BCUT2D eigenvalue weighted by molar-refractivity contribution is -0.0856. The van der Waals surface area contributed by atoms with Crippen molar-refractivity contribution in [3.63, 3.8) is 0 Å². The summed E-state index contributed by atoms with van der Waals surface area (Å²) in [7, 11) is 1.57. The molecule has 3 atom stereocenters. The fourth-order valence-corrected chi connectivity index (χ4v) is 3.19. The van der Waals surface area contributed by atoms with Gasteiger partial charge in [-0.1, -0.05) is 11.6 Å². The molecule has 2 aromatic rings. The fraction of sp³-hybridized carbons (Fsp3) is 0.471. The molecule has 0 spiro atoms. The lowest BCUT2D eigenvalue weighted by Gasteiger charge is -2.32. The molecule has 3 rings (SSSR count). The van der Waals surface area contributed by atoms with Crippen molar-refractivity contribution in [2.45, 2.75) is 30.8 Å². The van der Waals surface area contributed by atoms with Crippen molar-refractivity contribution in [2.24, 2.45) is 0 Å². The van der Waals surface area contributed by atoms with E-state index in [1.165, 1.54) is 0 Å². The Morgan fingerprint density at radius 1 is 1.44 bits per heavy atom. The summed E-state index contributed by atoms with van der Waals surface area (Å²) in [5.41, 5.74) is -0.945. The first kappa shape index (κ1) is 18.0. The van der Waals surface area contributed by atoms with Crippen LogP contribution in [0.1, 0.15) is 6.42 Å². The number of aromatic nitrogens is 2. The van der Waals surface area contributed by atoms with Crippen molar-refractivity contribution in [1.29, 1.82) is 0 Å². The van der Waals surface area contributed by atoms with Crippen LogP contribution in [-0.2, 0) is 11.3 Å². The second-order valence-electron chi connectivity index (χ2n) is 6.02. The van der Waals surface area contributed by atoms with Gasteiger partial charge in [0.05, 0.1) is 38.2 Å². The van der Waals surface area contributed by atoms with Gasteiger partial charge in [0.25, 0.3) is 0 Å². The topological polar surface area (TPSA) is 86.0 Å². The molecule has 7 nitrogen and oxygen atoms in total. The van der Waals surface area contributed by atoms with Crippen molar-refractivity contribution in [2.75, 3.05) is 20.3 Å². The van der Waals surface area contributed by atoms with Crippen LogP contribution in [-0.4, -0.2) is 57.9 Å². The zero-order valence-electron chi connectivity index (χ0n) is 13.8. The minimum absolute atomic E-state index is 0.0825. The summed E-state index contributed by atoms with van der Waals surface area (Å²) in [6.07, 6.45) is 3.52. The van der Waals surface area contributed by atoms with Crippen LogP contribution in [0.2, 0.25) is 5.02 Å². The molecule has 1 aliphatic heterocycles. The lowest BCUT2D eigenvalue weighted by Crippen LogP contribution is -2.47. The van der Waals surface area contributed by atoms with E-state index < -0.39 is 17.8 Å². The molecule has 25 heavy (non-hydrogen) atoms. The quantitative estimate of drug-likeness (QED) is 0.770. The zero-order valence-corrected chi connectivity index (χ0v) is 14.6. The van der Waals surface area contributed by atoms with Crippen LogP contribution in [0.4, 0.5) is 0 Å². The molecule has 0 radical (unpaired) electrons. The second kappa shape index (κ2) is 7.61. The maximum Gasteiger partial charge on any atom is 0.138 e. The van der Waals surface area contributed by atoms with Gasteiger partial charge in [-0.2, -0.15) is 0 Å². The summed E-state index contributed by atoms with van der Waals surface area (Å²) in [4.78, 5) is 4.00. The molecule has 1 aromatic carbocycles. The summed E-state index contributed by atoms with van der Waals surface area (Å²) in [6, 6.07) is 5.15. The number of hydrogen-bond donors (Lipinski definition) is 2. The van der Waals surface area contributed by atoms with Crippen molar-refractivity contribution in [1.82, 2.24) is 9.55 Å². The van der Waals surface area contributed by atoms with Gasteiger partial charge < -0.3 is 29.0 Å². The molecule has 0 aliphatic carbocycles. The van der Waals surface area contributed by atoms with E-state index >= 15 is 0 Å². The van der Waals surface area contributed by atoms with Crippen LogP contribution in [0.15, 0.2) is 36.9 Å². The largest absolute Gasteiger partial charge is 0.497 e. The predicted octanol–water partition coefficient (Wildman–Crippen LogP) is 1.50. The van der Waals surface area contributed by atoms with Gasteiger partial charge in [0.2, 0.25) is 0 Å². The van der Waals surface area contributed by atoms with Crippen LogP contribution in [0.3, 0.4) is 0 Å². The molecule has 1 saturated heterocycles. The van der Waals surface area contributed by atoms with E-state index in [0.29, 0.717) is 29.5 Å². The van der Waals surface area contributed by atoms with E-state index in [9.17, 15) is 10.2 Å². The summed E-state index contributed by atoms with van der Waals surface area (Å²) < 4.78 is 18.4. The number of ether oxygens (including phenoxy) is 3. The molecule has 2 heterocycles. The maximum absolute atomic E-state index is 10.4. The monoisotopic (exact) mass is 368 g/mol. The number of rotatable bonds is 7. The maximum atomic E-state index is 10.4. The normalized spacial score (nSPS) is 25.9. The SMILES string of the molecule is COc1ccc(OCC[C@]2(Cn3ccnc3)OC[C@H](O)[C@H]2O)c(Cl)c1. The first-order valence-corrected chi connectivity index (χ1v) is 8.34. The molecule has 0 unspecified atom stereocenters. The van der Waals surface area contributed by atoms with E-state index in [2.05, 4.69) is 4.98 Å². The highest BCUT2D eigenvalue weighted by atomic mass is 35.5. The Kier molecular flexibility index (Phi) is 5.48. The third-order valence-electron chi connectivity index (χ3n) is 4.38. The van der Waals surface area contributed by atoms with Gasteiger partial charge in [0, 0.05) is 24.9 Å². The Morgan fingerprint density at radius 3 is 2.88 bits per heavy atom. The zero-order chi connectivity index (χ0) is 17.9. The van der Waals surface area contributed by atoms with Crippen LogP contribution in [0.5, 0.6) is 11.5 Å². The average Bonchev–Trinajstić information content (AvgIpc) is 3.21. The van der Waals surface area contributed by atoms with E-state index in [4.69, 9.17) is 25.8 Å². The Hall–Kier alpha value is -1.80. The van der Waals surface area contributed by atoms with Gasteiger partial charge in [-0.05, 0) is 12.1 Å². The van der Waals surface area contributed by atoms with Gasteiger partial charge in [-0.15, -0.1) is 0 Å². The first-order valence-electron chi connectivity index (χ1n) is 7.96. The standard InChI is InChI=1S/C17H21ClN2O5/c1-23-12-2-3-15(13(18)8-12)24-7-4-17(10-20-6-5-19-11-20)16(22)14(21)9-25-17/h2-3,5-6,8,11,14,16,21-22H,4,7,9-10H2,1H3/t14-,16+,17+/m0/s1. The lowest BCUT2D eigenvalue weighted by atomic mass is 9.92. The highest BCUT2D eigenvalue weighted by molar-refractivity contribution is 6.32. The highest BCUT2D eigenvalue weighted by Crippen LogP contribution is 2.33. The van der Waals surface area contributed by atoms with Gasteiger partial charge in [-0.3, -0.25) is 0 Å². The first-order chi connectivity index (χ1) is 12.0. The third-order valence-corrected chi connectivity index (χ3v) is 4.67. The van der Waals surface area contributed by atoms with E-state index in [-0.39, 0.29) is 13.2 Å². The van der Waals surface area contributed by atoms with E-state index in [1.807, 2.05) is 4.57 Å². The Labute approximate surface area is 150 Å². The summed E-state index contributed by atoms with van der Waals surface area (Å²) in [5.74, 6) is 1.17. The number of nitrogens with zero attached hydrogens (tertiary/aromatic N) is 2. The number of methoxy groups -OCH3 is 1. The molecule has 0 saturated carbocycles. The van der Waals surface area contributed by atoms with Gasteiger partial charge in [0.1, 0.15) is 29.3 Å². The van der Waals surface area contributed by atoms with Crippen LogP contribution in [0.25, 0.3) is 0 Å². The van der Waals surface area contributed by atoms with Crippen molar-refractivity contribution in [3.8, 4) is 11.5 Å². The average molecular weight is 369 g/mol. The molecular weight excluding hydrogens is 348 g/mol. The van der Waals surface area contributed by atoms with Crippen LogP contribution < -0.4 is 9.47 Å². The Morgan fingerprint density at radius 2 is 2.28 bits per heavy atom. The molecule has 8 heteroatoms. The number of halogens is 1. The van der Waals surface area contributed by atoms with Crippen LogP contribution in [0, 0.1) is 0 Å². The van der Waals surface area contributed by atoms with E-state index in [0.717, 1.165) is 0 Å². The molecule has 136 valence electrons. The number of aliphatic hydroxyl groups is 2. The second-order valence-corrected chi connectivity index (χ2v) is 6.42.